The van der Waals surface area contributed by atoms with Crippen molar-refractivity contribution in [3.05, 3.63) is 23.9 Å². The van der Waals surface area contributed by atoms with Gasteiger partial charge in [-0.2, -0.15) is 5.26 Å². The van der Waals surface area contributed by atoms with Crippen molar-refractivity contribution < 1.29 is 9.90 Å². The Morgan fingerprint density at radius 2 is 2.38 bits per heavy atom. The maximum absolute atomic E-state index is 8.83. The van der Waals surface area contributed by atoms with Crippen molar-refractivity contribution in [2.45, 2.75) is 32.2 Å². The first kappa shape index (κ1) is 16.9. The summed E-state index contributed by atoms with van der Waals surface area (Å²) in [6, 6.07) is 8.06. The van der Waals surface area contributed by atoms with Gasteiger partial charge in [-0.05, 0) is 44.5 Å². The number of likely N-dealkylation sites (tertiary alicyclic amines) is 1. The van der Waals surface area contributed by atoms with Crippen molar-refractivity contribution in [2.24, 2.45) is 0 Å². The third-order valence-electron chi connectivity index (χ3n) is 3.26. The fourth-order valence-electron chi connectivity index (χ4n) is 2.48. The van der Waals surface area contributed by atoms with Gasteiger partial charge in [0.1, 0.15) is 17.6 Å². The highest BCUT2D eigenvalue weighted by atomic mass is 16.3. The summed E-state index contributed by atoms with van der Waals surface area (Å²) in [4.78, 5) is 15.1. The van der Waals surface area contributed by atoms with Crippen LogP contribution in [0.1, 0.15) is 31.9 Å². The molecule has 6 nitrogen and oxygen atoms in total. The molecule has 6 heteroatoms. The molecule has 0 spiro atoms. The van der Waals surface area contributed by atoms with E-state index in [9.17, 15) is 0 Å². The zero-order valence-corrected chi connectivity index (χ0v) is 12.3. The van der Waals surface area contributed by atoms with Crippen LogP contribution in [0.15, 0.2) is 18.2 Å². The van der Waals surface area contributed by atoms with Crippen molar-refractivity contribution in [1.82, 2.24) is 9.88 Å². The van der Waals surface area contributed by atoms with Crippen LogP contribution in [-0.2, 0) is 4.79 Å². The van der Waals surface area contributed by atoms with Crippen LogP contribution in [0.2, 0.25) is 0 Å². The number of carboxylic acid groups (broad SMARTS) is 1. The molecule has 1 aromatic rings. The Kier molecular flexibility index (Phi) is 7.84. The minimum absolute atomic E-state index is 0.250. The van der Waals surface area contributed by atoms with E-state index in [0.717, 1.165) is 12.4 Å². The molecule has 0 amide bonds. The van der Waals surface area contributed by atoms with Gasteiger partial charge in [-0.25, -0.2) is 4.98 Å². The summed E-state index contributed by atoms with van der Waals surface area (Å²) >= 11 is 0. The molecule has 1 fully saturated rings. The predicted molar refractivity (Wildman–Crippen MR) is 81.0 cm³/mol. The molecule has 2 heterocycles. The van der Waals surface area contributed by atoms with Crippen molar-refractivity contribution in [2.75, 3.05) is 25.0 Å². The van der Waals surface area contributed by atoms with E-state index in [1.54, 1.807) is 6.07 Å². The van der Waals surface area contributed by atoms with Gasteiger partial charge in [0.2, 0.25) is 0 Å². The van der Waals surface area contributed by atoms with Crippen LogP contribution in [0.5, 0.6) is 0 Å². The third kappa shape index (κ3) is 6.23. The molecule has 0 radical (unpaired) electrons. The van der Waals surface area contributed by atoms with Crippen LogP contribution in [0.25, 0.3) is 0 Å². The largest absolute Gasteiger partial charge is 0.483 e. The van der Waals surface area contributed by atoms with E-state index < -0.39 is 0 Å². The number of pyridine rings is 1. The zero-order chi connectivity index (χ0) is 15.5. The first-order chi connectivity index (χ1) is 10.2. The molecule has 1 aromatic heterocycles. The van der Waals surface area contributed by atoms with Gasteiger partial charge < -0.3 is 15.3 Å². The summed E-state index contributed by atoms with van der Waals surface area (Å²) in [6.45, 7) is 5.42. The average molecular weight is 290 g/mol. The highest BCUT2D eigenvalue weighted by Crippen LogP contribution is 2.15. The maximum atomic E-state index is 8.83. The van der Waals surface area contributed by atoms with E-state index in [1.165, 1.54) is 32.4 Å². The lowest BCUT2D eigenvalue weighted by Gasteiger charge is -2.33. The van der Waals surface area contributed by atoms with Gasteiger partial charge in [-0.15, -0.1) is 0 Å². The highest BCUT2D eigenvalue weighted by molar-refractivity contribution is 5.39. The Bertz CT molecular complexity index is 471. The second kappa shape index (κ2) is 9.72. The van der Waals surface area contributed by atoms with E-state index in [0.29, 0.717) is 11.7 Å². The monoisotopic (exact) mass is 290 g/mol. The van der Waals surface area contributed by atoms with Crippen molar-refractivity contribution in [3.8, 4) is 6.07 Å². The standard InChI is InChI=1S/C14H20N4.CH2O2/c1-2-8-18-9-4-6-13(11-18)17-14-7-3-5-12(10-15)16-14;2-1-3/h3,5,7,13H,2,4,6,8-9,11H2,1H3,(H,16,17);1H,(H,2,3). The molecule has 1 atom stereocenters. The van der Waals surface area contributed by atoms with Gasteiger partial charge in [0, 0.05) is 12.6 Å². The summed E-state index contributed by atoms with van der Waals surface area (Å²) in [7, 11) is 0. The number of hydrogen-bond acceptors (Lipinski definition) is 5. The Labute approximate surface area is 125 Å². The average Bonchev–Trinajstić information content (AvgIpc) is 2.49. The second-order valence-electron chi connectivity index (χ2n) is 4.91. The number of aromatic nitrogens is 1. The van der Waals surface area contributed by atoms with E-state index in [-0.39, 0.29) is 6.47 Å². The Balaban J connectivity index is 0.000000677. The smallest absolute Gasteiger partial charge is 0.290 e. The molecule has 1 unspecified atom stereocenters. The van der Waals surface area contributed by atoms with Crippen molar-refractivity contribution in [1.29, 1.82) is 5.26 Å². The molecule has 2 N–H and O–H groups in total. The fourth-order valence-corrected chi connectivity index (χ4v) is 2.48. The van der Waals surface area contributed by atoms with Gasteiger partial charge in [0.15, 0.2) is 0 Å². The quantitative estimate of drug-likeness (QED) is 0.824. The lowest BCUT2D eigenvalue weighted by molar-refractivity contribution is -0.122. The number of nitrogens with zero attached hydrogens (tertiary/aromatic N) is 3. The molecule has 1 saturated heterocycles. The topological polar surface area (TPSA) is 89.3 Å². The Hall–Kier alpha value is -2.13. The fraction of sp³-hybridized carbons (Fsp3) is 0.533. The SMILES string of the molecule is CCCN1CCCC(Nc2cccc(C#N)n2)C1.O=CO. The van der Waals surface area contributed by atoms with Crippen LogP contribution >= 0.6 is 0 Å². The summed E-state index contributed by atoms with van der Waals surface area (Å²) in [5.41, 5.74) is 0.473. The van der Waals surface area contributed by atoms with Crippen LogP contribution in [0.3, 0.4) is 0 Å². The number of anilines is 1. The number of rotatable bonds is 4. The molecule has 2 rings (SSSR count). The molecule has 21 heavy (non-hydrogen) atoms. The van der Waals surface area contributed by atoms with E-state index in [1.807, 2.05) is 12.1 Å². The van der Waals surface area contributed by atoms with Gasteiger partial charge in [-0.1, -0.05) is 13.0 Å². The number of nitrogens with one attached hydrogen (secondary N) is 1. The Morgan fingerprint density at radius 1 is 1.62 bits per heavy atom. The predicted octanol–water partition coefficient (Wildman–Crippen LogP) is 1.94. The highest BCUT2D eigenvalue weighted by Gasteiger charge is 2.19. The number of carbonyl (C=O) groups is 1. The van der Waals surface area contributed by atoms with Crippen molar-refractivity contribution >= 4 is 12.3 Å². The van der Waals surface area contributed by atoms with E-state index >= 15 is 0 Å². The summed E-state index contributed by atoms with van der Waals surface area (Å²) in [5.74, 6) is 0.817. The Morgan fingerprint density at radius 3 is 3.05 bits per heavy atom. The van der Waals surface area contributed by atoms with Gasteiger partial charge in [0.05, 0.1) is 0 Å². The minimum atomic E-state index is -0.250. The van der Waals surface area contributed by atoms with Gasteiger partial charge >= 0.3 is 0 Å². The lowest BCUT2D eigenvalue weighted by atomic mass is 10.1. The van der Waals surface area contributed by atoms with E-state index in [2.05, 4.69) is 28.2 Å². The molecule has 0 aromatic carbocycles. The molecular weight excluding hydrogens is 268 g/mol. The number of hydrogen-bond donors (Lipinski definition) is 2. The lowest BCUT2D eigenvalue weighted by Crippen LogP contribution is -2.42. The summed E-state index contributed by atoms with van der Waals surface area (Å²) in [6.07, 6.45) is 3.61. The van der Waals surface area contributed by atoms with E-state index in [4.69, 9.17) is 15.2 Å². The van der Waals surface area contributed by atoms with Crippen LogP contribution in [-0.4, -0.2) is 47.1 Å². The maximum Gasteiger partial charge on any atom is 0.290 e. The minimum Gasteiger partial charge on any atom is -0.483 e. The third-order valence-corrected chi connectivity index (χ3v) is 3.26. The number of nitriles is 1. The first-order valence-corrected chi connectivity index (χ1v) is 7.17. The first-order valence-electron chi connectivity index (χ1n) is 7.17. The molecule has 0 aliphatic carbocycles. The normalized spacial score (nSPS) is 18.0. The van der Waals surface area contributed by atoms with Crippen LogP contribution in [0, 0.1) is 11.3 Å². The van der Waals surface area contributed by atoms with Crippen LogP contribution < -0.4 is 5.32 Å². The van der Waals surface area contributed by atoms with Gasteiger partial charge in [-0.3, -0.25) is 4.79 Å². The summed E-state index contributed by atoms with van der Waals surface area (Å²) in [5, 5.41) is 19.2. The zero-order valence-electron chi connectivity index (χ0n) is 12.3. The summed E-state index contributed by atoms with van der Waals surface area (Å²) < 4.78 is 0. The molecule has 0 bridgehead atoms. The molecule has 1 aliphatic rings. The van der Waals surface area contributed by atoms with Crippen molar-refractivity contribution in [3.63, 3.8) is 0 Å². The molecule has 0 saturated carbocycles. The molecular formula is C15H22N4O2. The molecule has 114 valence electrons. The van der Waals surface area contributed by atoms with Gasteiger partial charge in [0.25, 0.3) is 6.47 Å². The van der Waals surface area contributed by atoms with Crippen LogP contribution in [0.4, 0.5) is 5.82 Å². The number of piperidine rings is 1. The molecule has 1 aliphatic heterocycles. The second-order valence-corrected chi connectivity index (χ2v) is 4.91.